The molecular formula is C11H15FN2. The topological polar surface area (TPSA) is 38.9 Å². The first-order valence-electron chi connectivity index (χ1n) is 5.09. The van der Waals surface area contributed by atoms with Gasteiger partial charge in [0.1, 0.15) is 0 Å². The zero-order chi connectivity index (χ0) is 10.0. The average molecular weight is 194 g/mol. The molecule has 0 amide bonds. The Morgan fingerprint density at radius 2 is 2.07 bits per heavy atom. The van der Waals surface area contributed by atoms with Crippen LogP contribution < -0.4 is 5.73 Å². The van der Waals surface area contributed by atoms with Crippen LogP contribution in [0.3, 0.4) is 0 Å². The summed E-state index contributed by atoms with van der Waals surface area (Å²) in [6.07, 6.45) is 6.28. The third kappa shape index (κ3) is 1.52. The van der Waals surface area contributed by atoms with E-state index in [1.807, 2.05) is 6.07 Å². The highest BCUT2D eigenvalue weighted by atomic mass is 19.1. The van der Waals surface area contributed by atoms with E-state index >= 15 is 0 Å². The third-order valence-corrected chi connectivity index (χ3v) is 3.29. The Hall–Kier alpha value is -0.960. The summed E-state index contributed by atoms with van der Waals surface area (Å²) >= 11 is 0. The maximum atomic E-state index is 12.7. The summed E-state index contributed by atoms with van der Waals surface area (Å²) in [4.78, 5) is 3.69. The Labute approximate surface area is 83.3 Å². The Balaban J connectivity index is 2.31. The summed E-state index contributed by atoms with van der Waals surface area (Å²) in [6.45, 7) is 0.639. The molecule has 14 heavy (non-hydrogen) atoms. The molecule has 0 radical (unpaired) electrons. The first kappa shape index (κ1) is 9.59. The summed E-state index contributed by atoms with van der Waals surface area (Å²) < 4.78 is 12.7. The number of nitrogens with two attached hydrogens (primary N) is 1. The van der Waals surface area contributed by atoms with Crippen LogP contribution in [0.4, 0.5) is 4.39 Å². The van der Waals surface area contributed by atoms with Crippen LogP contribution in [-0.4, -0.2) is 11.5 Å². The van der Waals surface area contributed by atoms with E-state index in [4.69, 9.17) is 5.73 Å². The number of aromatic nitrogens is 1. The second-order valence-electron chi connectivity index (χ2n) is 4.06. The average Bonchev–Trinajstić information content (AvgIpc) is 2.68. The molecular weight excluding hydrogens is 179 g/mol. The fourth-order valence-electron chi connectivity index (χ4n) is 2.35. The molecule has 1 fully saturated rings. The molecule has 76 valence electrons. The van der Waals surface area contributed by atoms with Crippen LogP contribution in [0.5, 0.6) is 0 Å². The van der Waals surface area contributed by atoms with E-state index in [-0.39, 0.29) is 5.41 Å². The Bertz CT molecular complexity index is 302. The van der Waals surface area contributed by atoms with Crippen molar-refractivity contribution in [3.63, 3.8) is 0 Å². The first-order valence-corrected chi connectivity index (χ1v) is 5.09. The standard InChI is InChI=1S/C11H15FN2/c12-10-4-3-9(7-14-10)11(8-13)5-1-2-6-11/h3-4,7H,1-2,5-6,8,13H2. The van der Waals surface area contributed by atoms with Crippen molar-refractivity contribution in [2.24, 2.45) is 5.73 Å². The van der Waals surface area contributed by atoms with E-state index in [2.05, 4.69) is 4.98 Å². The molecule has 0 aromatic carbocycles. The van der Waals surface area contributed by atoms with Gasteiger partial charge in [-0.25, -0.2) is 4.98 Å². The van der Waals surface area contributed by atoms with Gasteiger partial charge in [-0.3, -0.25) is 0 Å². The van der Waals surface area contributed by atoms with Gasteiger partial charge in [-0.1, -0.05) is 18.9 Å². The highest BCUT2D eigenvalue weighted by molar-refractivity contribution is 5.24. The lowest BCUT2D eigenvalue weighted by Gasteiger charge is -2.27. The zero-order valence-corrected chi connectivity index (χ0v) is 8.17. The van der Waals surface area contributed by atoms with Crippen LogP contribution in [0.2, 0.25) is 0 Å². The molecule has 1 aliphatic rings. The fourth-order valence-corrected chi connectivity index (χ4v) is 2.35. The molecule has 1 aromatic heterocycles. The van der Waals surface area contributed by atoms with Crippen molar-refractivity contribution in [3.05, 3.63) is 29.8 Å². The van der Waals surface area contributed by atoms with Gasteiger partial charge in [0.15, 0.2) is 0 Å². The molecule has 1 aromatic rings. The van der Waals surface area contributed by atoms with E-state index in [1.54, 1.807) is 6.20 Å². The van der Waals surface area contributed by atoms with Crippen molar-refractivity contribution >= 4 is 0 Å². The summed E-state index contributed by atoms with van der Waals surface area (Å²) in [5.41, 5.74) is 6.98. The van der Waals surface area contributed by atoms with Crippen molar-refractivity contribution in [1.29, 1.82) is 0 Å². The highest BCUT2D eigenvalue weighted by Crippen LogP contribution is 2.39. The minimum absolute atomic E-state index is 0.0701. The van der Waals surface area contributed by atoms with Crippen LogP contribution in [0.25, 0.3) is 0 Å². The quantitative estimate of drug-likeness (QED) is 0.731. The van der Waals surface area contributed by atoms with E-state index in [1.165, 1.54) is 18.9 Å². The van der Waals surface area contributed by atoms with Crippen molar-refractivity contribution in [2.45, 2.75) is 31.1 Å². The number of halogens is 1. The minimum atomic E-state index is -0.418. The van der Waals surface area contributed by atoms with Gasteiger partial charge in [0.25, 0.3) is 0 Å². The predicted octanol–water partition coefficient (Wildman–Crippen LogP) is 1.99. The van der Waals surface area contributed by atoms with E-state index in [0.29, 0.717) is 6.54 Å². The van der Waals surface area contributed by atoms with Gasteiger partial charge in [-0.15, -0.1) is 0 Å². The van der Waals surface area contributed by atoms with Gasteiger partial charge in [0, 0.05) is 18.2 Å². The van der Waals surface area contributed by atoms with Crippen LogP contribution in [0.15, 0.2) is 18.3 Å². The molecule has 2 N–H and O–H groups in total. The van der Waals surface area contributed by atoms with Crippen LogP contribution >= 0.6 is 0 Å². The molecule has 2 nitrogen and oxygen atoms in total. The second kappa shape index (κ2) is 3.65. The van der Waals surface area contributed by atoms with Crippen molar-refractivity contribution < 1.29 is 4.39 Å². The fraction of sp³-hybridized carbons (Fsp3) is 0.545. The van der Waals surface area contributed by atoms with Gasteiger partial charge in [0.2, 0.25) is 5.95 Å². The SMILES string of the molecule is NCC1(c2ccc(F)nc2)CCCC1. The third-order valence-electron chi connectivity index (χ3n) is 3.29. The normalized spacial score (nSPS) is 19.9. The van der Waals surface area contributed by atoms with Crippen LogP contribution in [0, 0.1) is 5.95 Å². The molecule has 0 atom stereocenters. The monoisotopic (exact) mass is 194 g/mol. The summed E-state index contributed by atoms with van der Waals surface area (Å²) in [5, 5.41) is 0. The first-order chi connectivity index (χ1) is 6.77. The molecule has 0 aliphatic heterocycles. The molecule has 1 saturated carbocycles. The number of nitrogens with zero attached hydrogens (tertiary/aromatic N) is 1. The smallest absolute Gasteiger partial charge is 0.212 e. The Kier molecular flexibility index (Phi) is 2.50. The van der Waals surface area contributed by atoms with Crippen molar-refractivity contribution in [3.8, 4) is 0 Å². The van der Waals surface area contributed by atoms with Gasteiger partial charge >= 0.3 is 0 Å². The van der Waals surface area contributed by atoms with Crippen LogP contribution in [-0.2, 0) is 5.41 Å². The van der Waals surface area contributed by atoms with Gasteiger partial charge < -0.3 is 5.73 Å². The summed E-state index contributed by atoms with van der Waals surface area (Å²) in [6, 6.07) is 3.24. The summed E-state index contributed by atoms with van der Waals surface area (Å²) in [5.74, 6) is -0.418. The molecule has 0 spiro atoms. The van der Waals surface area contributed by atoms with Crippen molar-refractivity contribution in [2.75, 3.05) is 6.54 Å². The highest BCUT2D eigenvalue weighted by Gasteiger charge is 2.34. The second-order valence-corrected chi connectivity index (χ2v) is 4.06. The van der Waals surface area contributed by atoms with Gasteiger partial charge in [0.05, 0.1) is 0 Å². The van der Waals surface area contributed by atoms with E-state index in [0.717, 1.165) is 18.4 Å². The molecule has 0 bridgehead atoms. The van der Waals surface area contributed by atoms with Gasteiger partial charge in [-0.05, 0) is 24.5 Å². The maximum Gasteiger partial charge on any atom is 0.212 e. The lowest BCUT2D eigenvalue weighted by atomic mass is 9.80. The Morgan fingerprint density at radius 1 is 1.36 bits per heavy atom. The largest absolute Gasteiger partial charge is 0.330 e. The number of hydrogen-bond donors (Lipinski definition) is 1. The number of rotatable bonds is 2. The molecule has 1 heterocycles. The molecule has 2 rings (SSSR count). The minimum Gasteiger partial charge on any atom is -0.330 e. The molecule has 0 saturated heterocycles. The van der Waals surface area contributed by atoms with E-state index < -0.39 is 5.95 Å². The lowest BCUT2D eigenvalue weighted by molar-refractivity contribution is 0.448. The van der Waals surface area contributed by atoms with Gasteiger partial charge in [-0.2, -0.15) is 4.39 Å². The van der Waals surface area contributed by atoms with Crippen molar-refractivity contribution in [1.82, 2.24) is 4.98 Å². The van der Waals surface area contributed by atoms with E-state index in [9.17, 15) is 4.39 Å². The molecule has 3 heteroatoms. The molecule has 0 unspecified atom stereocenters. The number of pyridine rings is 1. The molecule has 1 aliphatic carbocycles. The Morgan fingerprint density at radius 3 is 2.57 bits per heavy atom. The maximum absolute atomic E-state index is 12.7. The van der Waals surface area contributed by atoms with Crippen LogP contribution in [0.1, 0.15) is 31.2 Å². The summed E-state index contributed by atoms with van der Waals surface area (Å²) in [7, 11) is 0. The zero-order valence-electron chi connectivity index (χ0n) is 8.17. The predicted molar refractivity (Wildman–Crippen MR) is 53.4 cm³/mol. The number of hydrogen-bond acceptors (Lipinski definition) is 2. The lowest BCUT2D eigenvalue weighted by Crippen LogP contribution is -2.32.